The lowest BCUT2D eigenvalue weighted by Crippen LogP contribution is -2.62. The van der Waals surface area contributed by atoms with Gasteiger partial charge in [0.25, 0.3) is 0 Å². The van der Waals surface area contributed by atoms with Crippen LogP contribution in [0.2, 0.25) is 0 Å². The van der Waals surface area contributed by atoms with Crippen LogP contribution in [-0.4, -0.2) is 110 Å². The van der Waals surface area contributed by atoms with Crippen molar-refractivity contribution in [3.63, 3.8) is 0 Å². The highest BCUT2D eigenvalue weighted by Crippen LogP contribution is 2.46. The second-order valence-electron chi connectivity index (χ2n) is 16.3. The number of piperidine rings is 1. The number of hydrogen-bond donors (Lipinski definition) is 3. The molecule has 51 heavy (non-hydrogen) atoms. The molecule has 278 valence electrons. The van der Waals surface area contributed by atoms with E-state index in [1.54, 1.807) is 56.7 Å². The number of aromatic nitrogens is 2. The topological polar surface area (TPSA) is 167 Å². The summed E-state index contributed by atoms with van der Waals surface area (Å²) in [6.45, 7) is 19.2. The van der Waals surface area contributed by atoms with Gasteiger partial charge >= 0.3 is 23.9 Å². The number of likely N-dealkylation sites (tertiary alicyclic amines) is 1. The third kappa shape index (κ3) is 9.57. The van der Waals surface area contributed by atoms with E-state index < -0.39 is 34.6 Å². The Hall–Kier alpha value is -4.66. The molecule has 2 aliphatic heterocycles. The molecular formula is C36H52N8O7. The lowest BCUT2D eigenvalue weighted by molar-refractivity contribution is -0.139. The molecule has 5 rings (SSSR count). The van der Waals surface area contributed by atoms with E-state index in [9.17, 15) is 24.0 Å². The first-order chi connectivity index (χ1) is 23.7. The number of nitrogens with zero attached hydrogens (tertiary/aromatic N) is 5. The molecule has 0 unspecified atom stereocenters. The van der Waals surface area contributed by atoms with Crippen molar-refractivity contribution in [3.05, 3.63) is 52.6 Å². The van der Waals surface area contributed by atoms with Crippen LogP contribution in [0.5, 0.6) is 0 Å². The minimum atomic E-state index is -1.21. The molecule has 3 heterocycles. The van der Waals surface area contributed by atoms with Gasteiger partial charge in [0.05, 0.1) is 5.69 Å². The number of piperazine rings is 1. The number of fused-ring (bicyclic) bond motifs is 1. The molecule has 0 bridgehead atoms. The van der Waals surface area contributed by atoms with Crippen LogP contribution >= 0.6 is 0 Å². The molecule has 1 aromatic carbocycles. The van der Waals surface area contributed by atoms with Gasteiger partial charge in [-0.15, -0.1) is 0 Å². The van der Waals surface area contributed by atoms with E-state index in [4.69, 9.17) is 9.47 Å². The molecule has 15 nitrogen and oxygen atoms in total. The third-order valence-corrected chi connectivity index (χ3v) is 9.14. The van der Waals surface area contributed by atoms with Crippen molar-refractivity contribution in [2.75, 3.05) is 38.0 Å². The Balaban J connectivity index is 1.09. The van der Waals surface area contributed by atoms with E-state index in [0.717, 1.165) is 25.2 Å². The van der Waals surface area contributed by atoms with Gasteiger partial charge in [0.1, 0.15) is 22.6 Å². The fourth-order valence-corrected chi connectivity index (χ4v) is 6.72. The van der Waals surface area contributed by atoms with Gasteiger partial charge in [-0.1, -0.05) is 12.1 Å². The van der Waals surface area contributed by atoms with E-state index >= 15 is 0 Å². The quantitative estimate of drug-likeness (QED) is 0.390. The van der Waals surface area contributed by atoms with Crippen LogP contribution < -0.4 is 21.6 Å². The first-order valence-electron chi connectivity index (χ1n) is 17.5. The Morgan fingerprint density at radius 3 is 2.02 bits per heavy atom. The van der Waals surface area contributed by atoms with Gasteiger partial charge in [0.2, 0.25) is 5.91 Å². The Morgan fingerprint density at radius 1 is 0.843 bits per heavy atom. The lowest BCUT2D eigenvalue weighted by atomic mass is 10.0. The zero-order valence-electron chi connectivity index (χ0n) is 31.1. The number of carbonyl (C=O) groups is 4. The average molecular weight is 709 g/mol. The van der Waals surface area contributed by atoms with Crippen LogP contribution in [0.15, 0.2) is 41.3 Å². The number of nitrogens with one attached hydrogen (secondary N) is 3. The molecule has 1 aromatic heterocycles. The van der Waals surface area contributed by atoms with Crippen LogP contribution in [0.3, 0.4) is 0 Å². The molecule has 3 N–H and O–H groups in total. The number of amides is 5. The second kappa shape index (κ2) is 14.2. The number of urea groups is 1. The molecule has 2 saturated heterocycles. The summed E-state index contributed by atoms with van der Waals surface area (Å²) in [5, 5.41) is 8.36. The Bertz CT molecular complexity index is 1680. The van der Waals surface area contributed by atoms with E-state index in [2.05, 4.69) is 25.8 Å². The second-order valence-corrected chi connectivity index (χ2v) is 16.3. The predicted octanol–water partition coefficient (Wildman–Crippen LogP) is 3.56. The van der Waals surface area contributed by atoms with Crippen LogP contribution in [0.4, 0.5) is 20.2 Å². The average Bonchev–Trinajstić information content (AvgIpc) is 3.41. The number of carbonyl (C=O) groups excluding carboxylic acids is 4. The van der Waals surface area contributed by atoms with Crippen molar-refractivity contribution < 1.29 is 28.7 Å². The number of ether oxygens (including phenoxy) is 2. The van der Waals surface area contributed by atoms with Crippen molar-refractivity contribution in [2.24, 2.45) is 11.8 Å². The Morgan fingerprint density at radius 2 is 1.45 bits per heavy atom. The number of hydrogen-bond acceptors (Lipinski definition) is 9. The van der Waals surface area contributed by atoms with Crippen molar-refractivity contribution in [2.45, 2.75) is 97.7 Å². The molecule has 3 aliphatic rings. The summed E-state index contributed by atoms with van der Waals surface area (Å²) < 4.78 is 12.1. The van der Waals surface area contributed by atoms with Crippen molar-refractivity contribution in [1.29, 1.82) is 0 Å². The molecular weight excluding hydrogens is 656 g/mol. The van der Waals surface area contributed by atoms with Gasteiger partial charge in [-0.05, 0) is 97.9 Å². The maximum atomic E-state index is 13.3. The highest BCUT2D eigenvalue weighted by atomic mass is 16.6. The highest BCUT2D eigenvalue weighted by molar-refractivity contribution is 5.91. The van der Waals surface area contributed by atoms with E-state index in [1.165, 1.54) is 4.57 Å². The first-order valence-corrected chi connectivity index (χ1v) is 17.5. The van der Waals surface area contributed by atoms with Gasteiger partial charge in [-0.2, -0.15) is 4.98 Å². The zero-order valence-corrected chi connectivity index (χ0v) is 31.1. The predicted molar refractivity (Wildman–Crippen MR) is 190 cm³/mol. The zero-order chi connectivity index (χ0) is 37.5. The van der Waals surface area contributed by atoms with Gasteiger partial charge in [-0.25, -0.2) is 19.2 Å². The van der Waals surface area contributed by atoms with Gasteiger partial charge in [-0.3, -0.25) is 19.6 Å². The lowest BCUT2D eigenvalue weighted by Gasteiger charge is -2.42. The summed E-state index contributed by atoms with van der Waals surface area (Å²) in [6, 6.07) is 8.68. The molecule has 1 aliphatic carbocycles. The monoisotopic (exact) mass is 708 g/mol. The molecule has 3 fully saturated rings. The Kier molecular flexibility index (Phi) is 10.4. The third-order valence-electron chi connectivity index (χ3n) is 9.14. The van der Waals surface area contributed by atoms with Gasteiger partial charge in [0, 0.05) is 57.5 Å². The van der Waals surface area contributed by atoms with Gasteiger partial charge < -0.3 is 29.9 Å². The summed E-state index contributed by atoms with van der Waals surface area (Å²) in [5.41, 5.74) is -1.19. The van der Waals surface area contributed by atoms with E-state index in [-0.39, 0.29) is 49.5 Å². The van der Waals surface area contributed by atoms with Crippen LogP contribution in [0, 0.1) is 11.8 Å². The van der Waals surface area contributed by atoms with Crippen molar-refractivity contribution >= 4 is 29.9 Å². The molecule has 3 atom stereocenters. The molecule has 15 heteroatoms. The molecule has 0 radical (unpaired) electrons. The van der Waals surface area contributed by atoms with Crippen molar-refractivity contribution in [1.82, 2.24) is 34.9 Å². The SMILES string of the molecule is C[C@H]1CN(C(=O)C(C)(C)NC(=O)OC(C)(C)C)CCN1C(=O)Nc1ccn(-c2ccc(CN3C[C@H]4C(NC(=O)OC(C)(C)C)[C@@H]4C3)cc2)c(=O)n1. The standard InChI is InChI=1S/C36H52N8O7/c1-22-18-42(29(45)36(8,9)40-33(49)51-35(5,6)7)16-17-43(22)30(46)37-27-14-15-44(31(47)38-27)24-12-10-23(11-13-24)19-41-20-25-26(21-41)28(25)39-32(48)50-34(2,3)4/h10-15,22,25-26,28H,16-21H2,1-9H3,(H,39,48)(H,40,49)(H,37,38,46,47)/t22-,25+,26+/m0/s1. The van der Waals surface area contributed by atoms with Crippen LogP contribution in [-0.2, 0) is 20.8 Å². The summed E-state index contributed by atoms with van der Waals surface area (Å²) in [5.74, 6) is 0.710. The number of alkyl carbamates (subject to hydrolysis) is 2. The van der Waals surface area contributed by atoms with E-state index in [1.807, 2.05) is 52.0 Å². The van der Waals surface area contributed by atoms with E-state index in [0.29, 0.717) is 17.5 Å². The van der Waals surface area contributed by atoms with Crippen molar-refractivity contribution in [3.8, 4) is 5.69 Å². The van der Waals surface area contributed by atoms with Gasteiger partial charge in [0.15, 0.2) is 0 Å². The minimum Gasteiger partial charge on any atom is -0.444 e. The number of rotatable bonds is 7. The fourth-order valence-electron chi connectivity index (χ4n) is 6.72. The molecule has 5 amide bonds. The largest absolute Gasteiger partial charge is 0.444 e. The summed E-state index contributed by atoms with van der Waals surface area (Å²) in [6.07, 6.45) is 0.531. The maximum Gasteiger partial charge on any atom is 0.408 e. The number of anilines is 1. The molecule has 0 spiro atoms. The molecule has 1 saturated carbocycles. The maximum absolute atomic E-state index is 13.3. The Labute approximate surface area is 299 Å². The summed E-state index contributed by atoms with van der Waals surface area (Å²) in [7, 11) is 0. The normalized spacial score (nSPS) is 22.1. The number of benzene rings is 1. The van der Waals surface area contributed by atoms with Crippen LogP contribution in [0.25, 0.3) is 5.69 Å². The minimum absolute atomic E-state index is 0.123. The first kappa shape index (κ1) is 37.6. The summed E-state index contributed by atoms with van der Waals surface area (Å²) in [4.78, 5) is 73.5. The smallest absolute Gasteiger partial charge is 0.408 e. The summed E-state index contributed by atoms with van der Waals surface area (Å²) >= 11 is 0. The fraction of sp³-hybridized carbons (Fsp3) is 0.611. The highest BCUT2D eigenvalue weighted by Gasteiger charge is 2.56. The molecule has 2 aromatic rings. The van der Waals surface area contributed by atoms with Crippen LogP contribution in [0.1, 0.15) is 67.9 Å².